The number of nitrogens with zero attached hydrogens (tertiary/aromatic N) is 3. The van der Waals surface area contributed by atoms with E-state index in [1.165, 1.54) is 12.1 Å². The van der Waals surface area contributed by atoms with Crippen molar-refractivity contribution in [1.82, 2.24) is 19.8 Å². The minimum absolute atomic E-state index is 0.161. The van der Waals surface area contributed by atoms with Crippen molar-refractivity contribution in [2.45, 2.75) is 39.4 Å². The fourth-order valence-electron chi connectivity index (χ4n) is 2.45. The molecule has 1 aromatic carbocycles. The molecule has 1 heterocycles. The van der Waals surface area contributed by atoms with Crippen LogP contribution in [-0.2, 0) is 17.8 Å². The highest BCUT2D eigenvalue weighted by molar-refractivity contribution is 5.74. The minimum Gasteiger partial charge on any atom is -0.383 e. The van der Waals surface area contributed by atoms with Crippen LogP contribution in [0.4, 0.5) is 9.18 Å². The number of amides is 2. The Bertz CT molecular complexity index is 707. The number of aromatic nitrogens is 2. The molecule has 7 heteroatoms. The van der Waals surface area contributed by atoms with E-state index in [-0.39, 0.29) is 17.4 Å². The van der Waals surface area contributed by atoms with Gasteiger partial charge in [0.05, 0.1) is 13.2 Å². The molecule has 0 saturated heterocycles. The number of ether oxygens (including phenoxy) is 1. The summed E-state index contributed by atoms with van der Waals surface area (Å²) in [6, 6.07) is 6.20. The molecule has 0 fully saturated rings. The number of carbonyl (C=O) groups excluding carboxylic acids is 1. The molecule has 6 nitrogen and oxygen atoms in total. The average Bonchev–Trinajstić information content (AvgIpc) is 2.98. The highest BCUT2D eigenvalue weighted by Crippen LogP contribution is 2.10. The van der Waals surface area contributed by atoms with Gasteiger partial charge in [0.1, 0.15) is 11.6 Å². The lowest BCUT2D eigenvalue weighted by atomic mass is 10.1. The van der Waals surface area contributed by atoms with E-state index in [1.807, 2.05) is 31.5 Å². The second kappa shape index (κ2) is 8.80. The zero-order chi connectivity index (χ0) is 19.2. The first-order valence-electron chi connectivity index (χ1n) is 8.59. The van der Waals surface area contributed by atoms with Gasteiger partial charge in [-0.25, -0.2) is 14.2 Å². The standard InChI is InChI=1S/C19H27FN4O2/c1-19(2,3)22-18(25)24(11-12-26-4)14-17-21-9-10-23(17)13-15-5-7-16(20)8-6-15/h5-10H,11-14H2,1-4H3,(H,22,25). The van der Waals surface area contributed by atoms with E-state index in [9.17, 15) is 9.18 Å². The molecule has 0 aliphatic carbocycles. The molecule has 0 aliphatic rings. The van der Waals surface area contributed by atoms with Gasteiger partial charge in [0, 0.05) is 38.1 Å². The largest absolute Gasteiger partial charge is 0.383 e. The van der Waals surface area contributed by atoms with Crippen molar-refractivity contribution in [2.24, 2.45) is 0 Å². The zero-order valence-corrected chi connectivity index (χ0v) is 15.8. The number of imidazole rings is 1. The number of nitrogens with one attached hydrogen (secondary N) is 1. The number of hydrogen-bond acceptors (Lipinski definition) is 3. The van der Waals surface area contributed by atoms with E-state index < -0.39 is 0 Å². The number of benzene rings is 1. The first-order valence-corrected chi connectivity index (χ1v) is 8.59. The fraction of sp³-hybridized carbons (Fsp3) is 0.474. The summed E-state index contributed by atoms with van der Waals surface area (Å²) in [5.41, 5.74) is 0.639. The van der Waals surface area contributed by atoms with Gasteiger partial charge in [0.25, 0.3) is 0 Å². The Hall–Kier alpha value is -2.41. The summed E-state index contributed by atoms with van der Waals surface area (Å²) in [5, 5.41) is 2.97. The third-order valence-electron chi connectivity index (χ3n) is 3.73. The van der Waals surface area contributed by atoms with Gasteiger partial charge in [0.2, 0.25) is 0 Å². The lowest BCUT2D eigenvalue weighted by Crippen LogP contribution is -2.49. The van der Waals surface area contributed by atoms with Gasteiger partial charge in [-0.15, -0.1) is 0 Å². The van der Waals surface area contributed by atoms with Crippen molar-refractivity contribution in [2.75, 3.05) is 20.3 Å². The molecule has 0 atom stereocenters. The highest BCUT2D eigenvalue weighted by atomic mass is 19.1. The van der Waals surface area contributed by atoms with Crippen LogP contribution >= 0.6 is 0 Å². The summed E-state index contributed by atoms with van der Waals surface area (Å²) in [7, 11) is 1.61. The van der Waals surface area contributed by atoms with Gasteiger partial charge in [0.15, 0.2) is 0 Å². The maximum absolute atomic E-state index is 13.1. The summed E-state index contributed by atoms with van der Waals surface area (Å²) in [6.45, 7) is 7.64. The fourth-order valence-corrected chi connectivity index (χ4v) is 2.45. The molecule has 2 rings (SSSR count). The van der Waals surface area contributed by atoms with Crippen LogP contribution in [0.5, 0.6) is 0 Å². The predicted molar refractivity (Wildman–Crippen MR) is 98.3 cm³/mol. The van der Waals surface area contributed by atoms with Crippen LogP contribution in [0, 0.1) is 5.82 Å². The molecule has 0 spiro atoms. The molecule has 0 aliphatic heterocycles. The monoisotopic (exact) mass is 362 g/mol. The Kier molecular flexibility index (Phi) is 6.74. The Morgan fingerprint density at radius 3 is 2.62 bits per heavy atom. The number of rotatable bonds is 7. The third kappa shape index (κ3) is 6.15. The Labute approximate surface area is 154 Å². The van der Waals surface area contributed by atoms with Crippen molar-refractivity contribution in [3.63, 3.8) is 0 Å². The second-order valence-corrected chi connectivity index (χ2v) is 7.19. The molecule has 26 heavy (non-hydrogen) atoms. The number of halogens is 1. The van der Waals surface area contributed by atoms with Crippen LogP contribution in [0.3, 0.4) is 0 Å². The van der Waals surface area contributed by atoms with Gasteiger partial charge in [-0.2, -0.15) is 0 Å². The average molecular weight is 362 g/mol. The van der Waals surface area contributed by atoms with Gasteiger partial charge >= 0.3 is 6.03 Å². The molecule has 142 valence electrons. The van der Waals surface area contributed by atoms with Crippen LogP contribution in [0.15, 0.2) is 36.7 Å². The molecule has 0 bridgehead atoms. The Balaban J connectivity index is 2.11. The lowest BCUT2D eigenvalue weighted by Gasteiger charge is -2.28. The summed E-state index contributed by atoms with van der Waals surface area (Å²) in [5.74, 6) is 0.499. The van der Waals surface area contributed by atoms with Crippen LogP contribution in [0.25, 0.3) is 0 Å². The number of carbonyl (C=O) groups is 1. The van der Waals surface area contributed by atoms with Crippen molar-refractivity contribution in [3.8, 4) is 0 Å². The smallest absolute Gasteiger partial charge is 0.318 e. The minimum atomic E-state index is -0.327. The number of urea groups is 1. The summed E-state index contributed by atoms with van der Waals surface area (Å²) in [6.07, 6.45) is 3.56. The first-order chi connectivity index (χ1) is 12.3. The van der Waals surface area contributed by atoms with Crippen molar-refractivity contribution in [1.29, 1.82) is 0 Å². The van der Waals surface area contributed by atoms with E-state index in [4.69, 9.17) is 4.74 Å². The summed E-state index contributed by atoms with van der Waals surface area (Å²) >= 11 is 0. The molecular formula is C19H27FN4O2. The first kappa shape index (κ1) is 19.9. The van der Waals surface area contributed by atoms with Gasteiger partial charge < -0.3 is 19.5 Å². The van der Waals surface area contributed by atoms with Crippen molar-refractivity contribution < 1.29 is 13.9 Å². The molecule has 2 aromatic rings. The molecular weight excluding hydrogens is 335 g/mol. The van der Waals surface area contributed by atoms with Crippen molar-refractivity contribution in [3.05, 3.63) is 53.9 Å². The maximum atomic E-state index is 13.1. The predicted octanol–water partition coefficient (Wildman–Crippen LogP) is 3.03. The van der Waals surface area contributed by atoms with E-state index >= 15 is 0 Å². The Morgan fingerprint density at radius 1 is 1.31 bits per heavy atom. The van der Waals surface area contributed by atoms with Gasteiger partial charge in [-0.05, 0) is 38.5 Å². The van der Waals surface area contributed by atoms with Crippen LogP contribution in [-0.4, -0.2) is 46.3 Å². The molecule has 2 amide bonds. The zero-order valence-electron chi connectivity index (χ0n) is 15.8. The topological polar surface area (TPSA) is 59.4 Å². The number of hydrogen-bond donors (Lipinski definition) is 1. The van der Waals surface area contributed by atoms with Crippen molar-refractivity contribution >= 4 is 6.03 Å². The molecule has 0 saturated carbocycles. The van der Waals surface area contributed by atoms with E-state index in [0.29, 0.717) is 26.2 Å². The molecule has 0 unspecified atom stereocenters. The normalized spacial score (nSPS) is 11.4. The van der Waals surface area contributed by atoms with E-state index in [2.05, 4.69) is 10.3 Å². The van der Waals surface area contributed by atoms with E-state index in [1.54, 1.807) is 30.3 Å². The van der Waals surface area contributed by atoms with E-state index in [0.717, 1.165) is 11.4 Å². The van der Waals surface area contributed by atoms with Crippen LogP contribution in [0.1, 0.15) is 32.2 Å². The highest BCUT2D eigenvalue weighted by Gasteiger charge is 2.21. The van der Waals surface area contributed by atoms with Gasteiger partial charge in [-0.1, -0.05) is 12.1 Å². The number of methoxy groups -OCH3 is 1. The maximum Gasteiger partial charge on any atom is 0.318 e. The second-order valence-electron chi connectivity index (χ2n) is 7.19. The Morgan fingerprint density at radius 2 is 2.00 bits per heavy atom. The van der Waals surface area contributed by atoms with Crippen LogP contribution in [0.2, 0.25) is 0 Å². The molecule has 1 aromatic heterocycles. The molecule has 1 N–H and O–H groups in total. The summed E-state index contributed by atoms with van der Waals surface area (Å²) in [4.78, 5) is 18.6. The van der Waals surface area contributed by atoms with Gasteiger partial charge in [-0.3, -0.25) is 0 Å². The third-order valence-corrected chi connectivity index (χ3v) is 3.73. The lowest BCUT2D eigenvalue weighted by molar-refractivity contribution is 0.140. The SMILES string of the molecule is COCCN(Cc1nccn1Cc1ccc(F)cc1)C(=O)NC(C)(C)C. The molecule has 0 radical (unpaired) electrons. The quantitative estimate of drug-likeness (QED) is 0.824. The summed E-state index contributed by atoms with van der Waals surface area (Å²) < 4.78 is 20.2. The van der Waals surface area contributed by atoms with Crippen LogP contribution < -0.4 is 5.32 Å².